The molecule has 27 heavy (non-hydrogen) atoms. The minimum absolute atomic E-state index is 0.112. The van der Waals surface area contributed by atoms with Gasteiger partial charge in [0.05, 0.1) is 13.2 Å². The fourth-order valence-corrected chi connectivity index (χ4v) is 3.01. The number of nitrogens with one attached hydrogen (secondary N) is 1. The van der Waals surface area contributed by atoms with Gasteiger partial charge in [0.1, 0.15) is 11.6 Å². The number of amides is 2. The first-order valence-electron chi connectivity index (χ1n) is 9.36. The molecule has 0 saturated heterocycles. The smallest absolute Gasteiger partial charge is 0.317 e. The third-order valence-corrected chi connectivity index (χ3v) is 4.86. The van der Waals surface area contributed by atoms with E-state index >= 15 is 0 Å². The number of halogens is 1. The molecule has 0 heterocycles. The lowest BCUT2D eigenvalue weighted by Crippen LogP contribution is -2.44. The van der Waals surface area contributed by atoms with Gasteiger partial charge in [0, 0.05) is 13.1 Å². The molecule has 2 atom stereocenters. The maximum absolute atomic E-state index is 13.2. The van der Waals surface area contributed by atoms with Crippen molar-refractivity contribution in [3.05, 3.63) is 65.5 Å². The Kier molecular flexibility index (Phi) is 7.65. The summed E-state index contributed by atoms with van der Waals surface area (Å²) < 4.78 is 18.4. The van der Waals surface area contributed by atoms with Gasteiger partial charge in [0.25, 0.3) is 0 Å². The van der Waals surface area contributed by atoms with Crippen LogP contribution >= 0.6 is 0 Å². The van der Waals surface area contributed by atoms with Crippen molar-refractivity contribution < 1.29 is 13.9 Å². The first kappa shape index (κ1) is 20.7. The van der Waals surface area contributed by atoms with Crippen LogP contribution in [0.3, 0.4) is 0 Å². The average Bonchev–Trinajstić information content (AvgIpc) is 2.68. The number of benzene rings is 2. The van der Waals surface area contributed by atoms with Crippen molar-refractivity contribution >= 4 is 6.03 Å². The Balaban J connectivity index is 2.19. The van der Waals surface area contributed by atoms with E-state index in [4.69, 9.17) is 4.74 Å². The molecule has 0 aliphatic carbocycles. The lowest BCUT2D eigenvalue weighted by Gasteiger charge is -2.28. The molecule has 0 aromatic heterocycles. The number of nitrogens with zero attached hydrogens (tertiary/aromatic N) is 1. The summed E-state index contributed by atoms with van der Waals surface area (Å²) in [5, 5.41) is 3.13. The Morgan fingerprint density at radius 2 is 1.78 bits per heavy atom. The Morgan fingerprint density at radius 1 is 1.15 bits per heavy atom. The van der Waals surface area contributed by atoms with Crippen LogP contribution in [0.25, 0.3) is 0 Å². The molecule has 1 N–H and O–H groups in total. The summed E-state index contributed by atoms with van der Waals surface area (Å²) in [6.45, 7) is 4.16. The molecule has 2 rings (SSSR count). The molecule has 0 fully saturated rings. The standard InChI is InChI=1S/C22H29FN2O2/c1-5-6-16(2)25(3)22(26)24-21(15-17-7-11-19(23)12-8-17)18-9-13-20(27-4)14-10-18/h7-14,16,21H,5-6,15H2,1-4H3,(H,24,26)/t16-,21+/m1/s1. The zero-order chi connectivity index (χ0) is 19.8. The van der Waals surface area contributed by atoms with Crippen LogP contribution in [-0.2, 0) is 6.42 Å². The van der Waals surface area contributed by atoms with Gasteiger partial charge in [-0.2, -0.15) is 0 Å². The lowest BCUT2D eigenvalue weighted by molar-refractivity contribution is 0.187. The van der Waals surface area contributed by atoms with Crippen molar-refractivity contribution in [2.45, 2.75) is 45.2 Å². The van der Waals surface area contributed by atoms with Crippen molar-refractivity contribution in [2.75, 3.05) is 14.2 Å². The van der Waals surface area contributed by atoms with Crippen LogP contribution in [0, 0.1) is 5.82 Å². The van der Waals surface area contributed by atoms with Crippen molar-refractivity contribution in [3.63, 3.8) is 0 Å². The van der Waals surface area contributed by atoms with E-state index in [1.54, 1.807) is 24.1 Å². The van der Waals surface area contributed by atoms with Crippen LogP contribution < -0.4 is 10.1 Å². The van der Waals surface area contributed by atoms with Gasteiger partial charge in [-0.25, -0.2) is 9.18 Å². The molecule has 2 aromatic carbocycles. The van der Waals surface area contributed by atoms with Crippen LogP contribution in [0.1, 0.15) is 43.9 Å². The van der Waals surface area contributed by atoms with Crippen molar-refractivity contribution in [2.24, 2.45) is 0 Å². The second-order valence-electron chi connectivity index (χ2n) is 6.85. The number of hydrogen-bond donors (Lipinski definition) is 1. The van der Waals surface area contributed by atoms with Gasteiger partial charge in [-0.1, -0.05) is 37.6 Å². The molecule has 0 radical (unpaired) electrons. The summed E-state index contributed by atoms with van der Waals surface area (Å²) in [5.41, 5.74) is 1.94. The number of urea groups is 1. The third kappa shape index (κ3) is 5.98. The maximum atomic E-state index is 13.2. The molecule has 0 spiro atoms. The number of methoxy groups -OCH3 is 1. The highest BCUT2D eigenvalue weighted by atomic mass is 19.1. The first-order valence-corrected chi connectivity index (χ1v) is 9.36. The van der Waals surface area contributed by atoms with Gasteiger partial charge < -0.3 is 15.0 Å². The molecule has 0 saturated carbocycles. The van der Waals surface area contributed by atoms with E-state index in [1.165, 1.54) is 12.1 Å². The normalized spacial score (nSPS) is 12.9. The highest BCUT2D eigenvalue weighted by Gasteiger charge is 2.20. The number of ether oxygens (including phenoxy) is 1. The summed E-state index contributed by atoms with van der Waals surface area (Å²) >= 11 is 0. The Hall–Kier alpha value is -2.56. The zero-order valence-corrected chi connectivity index (χ0v) is 16.5. The summed E-state index contributed by atoms with van der Waals surface area (Å²) in [4.78, 5) is 14.5. The van der Waals surface area contributed by atoms with Crippen LogP contribution in [0.4, 0.5) is 9.18 Å². The number of hydrogen-bond acceptors (Lipinski definition) is 2. The van der Waals surface area contributed by atoms with Crippen molar-refractivity contribution in [1.82, 2.24) is 10.2 Å². The Labute approximate surface area is 161 Å². The zero-order valence-electron chi connectivity index (χ0n) is 16.5. The summed E-state index contributed by atoms with van der Waals surface area (Å²) in [5.74, 6) is 0.496. The fourth-order valence-electron chi connectivity index (χ4n) is 3.01. The predicted molar refractivity (Wildman–Crippen MR) is 107 cm³/mol. The van der Waals surface area contributed by atoms with E-state index < -0.39 is 0 Å². The largest absolute Gasteiger partial charge is 0.497 e. The van der Waals surface area contributed by atoms with Gasteiger partial charge in [-0.3, -0.25) is 0 Å². The summed E-state index contributed by atoms with van der Waals surface area (Å²) in [6, 6.07) is 13.9. The fraction of sp³-hybridized carbons (Fsp3) is 0.409. The summed E-state index contributed by atoms with van der Waals surface area (Å²) in [6.07, 6.45) is 2.56. The number of rotatable bonds is 8. The predicted octanol–water partition coefficient (Wildman–Crippen LogP) is 4.95. The minimum atomic E-state index is -0.267. The first-order chi connectivity index (χ1) is 12.9. The van der Waals surface area contributed by atoms with E-state index in [9.17, 15) is 9.18 Å². The van der Waals surface area contributed by atoms with Gasteiger partial charge in [-0.15, -0.1) is 0 Å². The Bertz CT molecular complexity index is 716. The molecule has 2 aromatic rings. The molecule has 0 aliphatic rings. The van der Waals surface area contributed by atoms with Gasteiger partial charge >= 0.3 is 6.03 Å². The van der Waals surface area contributed by atoms with Crippen LogP contribution in [0.5, 0.6) is 5.75 Å². The monoisotopic (exact) mass is 372 g/mol. The third-order valence-electron chi connectivity index (χ3n) is 4.86. The lowest BCUT2D eigenvalue weighted by atomic mass is 9.98. The van der Waals surface area contributed by atoms with E-state index in [0.717, 1.165) is 29.7 Å². The average molecular weight is 372 g/mol. The highest BCUT2D eigenvalue weighted by Crippen LogP contribution is 2.22. The van der Waals surface area contributed by atoms with Gasteiger partial charge in [0.2, 0.25) is 0 Å². The SMILES string of the molecule is CCC[C@@H](C)N(C)C(=O)N[C@@H](Cc1ccc(F)cc1)c1ccc(OC)cc1. The highest BCUT2D eigenvalue weighted by molar-refractivity contribution is 5.74. The van der Waals surface area contributed by atoms with E-state index in [-0.39, 0.29) is 23.9 Å². The molecule has 0 unspecified atom stereocenters. The van der Waals surface area contributed by atoms with Gasteiger partial charge in [0.15, 0.2) is 0 Å². The van der Waals surface area contributed by atoms with E-state index in [0.29, 0.717) is 6.42 Å². The maximum Gasteiger partial charge on any atom is 0.317 e. The quantitative estimate of drug-likeness (QED) is 0.712. The van der Waals surface area contributed by atoms with E-state index in [1.807, 2.05) is 38.2 Å². The van der Waals surface area contributed by atoms with Crippen molar-refractivity contribution in [1.29, 1.82) is 0 Å². The summed E-state index contributed by atoms with van der Waals surface area (Å²) in [7, 11) is 3.44. The molecule has 2 amide bonds. The molecule has 5 heteroatoms. The molecular weight excluding hydrogens is 343 g/mol. The topological polar surface area (TPSA) is 41.6 Å². The molecule has 0 aliphatic heterocycles. The van der Waals surface area contributed by atoms with Crippen molar-refractivity contribution in [3.8, 4) is 5.75 Å². The van der Waals surface area contributed by atoms with Crippen LogP contribution in [0.15, 0.2) is 48.5 Å². The molecule has 146 valence electrons. The second-order valence-corrected chi connectivity index (χ2v) is 6.85. The minimum Gasteiger partial charge on any atom is -0.497 e. The second kappa shape index (κ2) is 9.95. The van der Waals surface area contributed by atoms with Gasteiger partial charge in [-0.05, 0) is 55.2 Å². The molecule has 0 bridgehead atoms. The molecular formula is C22H29FN2O2. The number of carbonyl (C=O) groups excluding carboxylic acids is 1. The van der Waals surface area contributed by atoms with Crippen LogP contribution in [-0.4, -0.2) is 31.1 Å². The molecule has 4 nitrogen and oxygen atoms in total. The van der Waals surface area contributed by atoms with E-state index in [2.05, 4.69) is 12.2 Å². The van der Waals surface area contributed by atoms with Crippen LogP contribution in [0.2, 0.25) is 0 Å². The Morgan fingerprint density at radius 3 is 2.33 bits per heavy atom. The number of carbonyl (C=O) groups is 1.